The van der Waals surface area contributed by atoms with Gasteiger partial charge in [-0.3, -0.25) is 0 Å². The van der Waals surface area contributed by atoms with Crippen LogP contribution in [-0.4, -0.2) is 22.3 Å². The molecular weight excluding hydrogens is 348 g/mol. The number of benzene rings is 2. The van der Waals surface area contributed by atoms with E-state index in [9.17, 15) is 0 Å². The van der Waals surface area contributed by atoms with Crippen LogP contribution in [0.4, 0.5) is 0 Å². The number of hydrogen-bond acceptors (Lipinski definition) is 2. The van der Waals surface area contributed by atoms with Crippen molar-refractivity contribution in [3.8, 4) is 11.5 Å². The van der Waals surface area contributed by atoms with Gasteiger partial charge in [-0.15, -0.1) is 0 Å². The minimum Gasteiger partial charge on any atom is -0.497 e. The van der Waals surface area contributed by atoms with E-state index < -0.39 is 8.07 Å². The topological polar surface area (TPSA) is 18.5 Å². The Morgan fingerprint density at radius 1 is 0.704 bits per heavy atom. The molecule has 2 aliphatic rings. The van der Waals surface area contributed by atoms with E-state index >= 15 is 0 Å². The van der Waals surface area contributed by atoms with Crippen molar-refractivity contribution in [1.29, 1.82) is 0 Å². The number of fused-ring (bicyclic) bond motifs is 2. The van der Waals surface area contributed by atoms with Crippen LogP contribution in [-0.2, 0) is 0 Å². The van der Waals surface area contributed by atoms with Crippen LogP contribution in [0.1, 0.15) is 47.2 Å². The third-order valence-electron chi connectivity index (χ3n) is 6.37. The summed E-state index contributed by atoms with van der Waals surface area (Å²) in [6, 6.07) is 13.1. The molecular formula is C24H28O2Si. The standard InChI is InChI=1S/C24H28O2Si/c1-15-11-17-7-9-19(25-3)13-21(17)23(15)27(5,6)24-16(2)12-18-8-10-20(26-4)14-22(18)24/h7-14,23-24H,1-6H3. The summed E-state index contributed by atoms with van der Waals surface area (Å²) in [6.07, 6.45) is 4.74. The van der Waals surface area contributed by atoms with Gasteiger partial charge in [0.15, 0.2) is 0 Å². The average Bonchev–Trinajstić information content (AvgIpc) is 3.15. The number of methoxy groups -OCH3 is 2. The molecule has 0 saturated carbocycles. The Bertz CT molecular complexity index is 891. The lowest BCUT2D eigenvalue weighted by Gasteiger charge is -2.39. The molecule has 2 aromatic carbocycles. The highest BCUT2D eigenvalue weighted by Crippen LogP contribution is 2.52. The molecule has 2 nitrogen and oxygen atoms in total. The Balaban J connectivity index is 1.82. The van der Waals surface area contributed by atoms with Gasteiger partial charge in [0.1, 0.15) is 11.5 Å². The second-order valence-electron chi connectivity index (χ2n) is 8.45. The van der Waals surface area contributed by atoms with E-state index in [0.29, 0.717) is 11.1 Å². The maximum absolute atomic E-state index is 5.53. The largest absolute Gasteiger partial charge is 0.497 e. The number of hydrogen-bond donors (Lipinski definition) is 0. The Morgan fingerprint density at radius 2 is 1.11 bits per heavy atom. The van der Waals surface area contributed by atoms with Crippen molar-refractivity contribution >= 4 is 20.2 Å². The van der Waals surface area contributed by atoms with Crippen molar-refractivity contribution in [1.82, 2.24) is 0 Å². The van der Waals surface area contributed by atoms with Crippen LogP contribution in [0.2, 0.25) is 13.1 Å². The predicted octanol–water partition coefficient (Wildman–Crippen LogP) is 6.19. The molecule has 2 atom stereocenters. The third-order valence-corrected chi connectivity index (χ3v) is 10.9. The Labute approximate surface area is 163 Å². The fourth-order valence-corrected chi connectivity index (χ4v) is 10.4. The summed E-state index contributed by atoms with van der Waals surface area (Å²) in [5, 5.41) is 0. The fourth-order valence-electron chi connectivity index (χ4n) is 5.41. The highest BCUT2D eigenvalue weighted by atomic mass is 28.3. The molecule has 3 heteroatoms. The highest BCUT2D eigenvalue weighted by Gasteiger charge is 2.46. The lowest BCUT2D eigenvalue weighted by molar-refractivity contribution is 0.414. The normalized spacial score (nSPS) is 20.7. The Kier molecular flexibility index (Phi) is 4.30. The van der Waals surface area contributed by atoms with E-state index in [1.165, 1.54) is 33.4 Å². The van der Waals surface area contributed by atoms with Gasteiger partial charge in [0.05, 0.1) is 22.3 Å². The molecule has 0 aromatic heterocycles. The summed E-state index contributed by atoms with van der Waals surface area (Å²) in [5.74, 6) is 1.90. The van der Waals surface area contributed by atoms with Gasteiger partial charge in [0, 0.05) is 11.1 Å². The van der Waals surface area contributed by atoms with Gasteiger partial charge in [-0.05, 0) is 60.4 Å². The van der Waals surface area contributed by atoms with Gasteiger partial charge in [-0.2, -0.15) is 0 Å². The molecule has 4 rings (SSSR count). The third kappa shape index (κ3) is 2.76. The van der Waals surface area contributed by atoms with Crippen LogP contribution >= 0.6 is 0 Å². The van der Waals surface area contributed by atoms with Gasteiger partial charge >= 0.3 is 0 Å². The van der Waals surface area contributed by atoms with Crippen molar-refractivity contribution < 1.29 is 9.47 Å². The van der Waals surface area contributed by atoms with E-state index in [1.807, 2.05) is 0 Å². The molecule has 0 aliphatic heterocycles. The highest BCUT2D eigenvalue weighted by molar-refractivity contribution is 6.81. The molecule has 0 radical (unpaired) electrons. The van der Waals surface area contributed by atoms with E-state index in [2.05, 4.69) is 75.5 Å². The van der Waals surface area contributed by atoms with Crippen molar-refractivity contribution in [2.45, 2.75) is 38.0 Å². The first kappa shape index (κ1) is 18.1. The molecule has 0 saturated heterocycles. The monoisotopic (exact) mass is 376 g/mol. The zero-order chi connectivity index (χ0) is 19.3. The van der Waals surface area contributed by atoms with E-state index in [1.54, 1.807) is 14.2 Å². The fraction of sp³-hybridized carbons (Fsp3) is 0.333. The molecule has 140 valence electrons. The summed E-state index contributed by atoms with van der Waals surface area (Å²) in [7, 11) is 1.72. The van der Waals surface area contributed by atoms with Gasteiger partial charge in [0.25, 0.3) is 0 Å². The van der Waals surface area contributed by atoms with Gasteiger partial charge in [-0.1, -0.05) is 48.5 Å². The SMILES string of the molecule is COc1ccc2c(c1)C([Si](C)(C)C1C(C)=Cc3ccc(OC)cc31)C(C)=C2. The quantitative estimate of drug-likeness (QED) is 0.592. The number of ether oxygens (including phenoxy) is 2. The lowest BCUT2D eigenvalue weighted by atomic mass is 10.1. The molecule has 27 heavy (non-hydrogen) atoms. The summed E-state index contributed by atoms with van der Waals surface area (Å²) in [4.78, 5) is 0. The molecule has 0 spiro atoms. The van der Waals surface area contributed by atoms with Crippen molar-refractivity contribution in [3.05, 3.63) is 69.8 Å². The molecule has 2 aliphatic carbocycles. The zero-order valence-corrected chi connectivity index (χ0v) is 18.1. The van der Waals surface area contributed by atoms with Crippen LogP contribution in [0.5, 0.6) is 11.5 Å². The minimum absolute atomic E-state index is 0.494. The van der Waals surface area contributed by atoms with Crippen LogP contribution in [0.15, 0.2) is 47.5 Å². The van der Waals surface area contributed by atoms with Crippen LogP contribution in [0.25, 0.3) is 12.2 Å². The Hall–Kier alpha value is -2.26. The number of rotatable bonds is 4. The second-order valence-corrected chi connectivity index (χ2v) is 13.3. The van der Waals surface area contributed by atoms with Gasteiger partial charge in [0.2, 0.25) is 0 Å². The molecule has 0 fully saturated rings. The zero-order valence-electron chi connectivity index (χ0n) is 17.1. The Morgan fingerprint density at radius 3 is 1.48 bits per heavy atom. The van der Waals surface area contributed by atoms with Crippen LogP contribution < -0.4 is 9.47 Å². The van der Waals surface area contributed by atoms with E-state index in [0.717, 1.165) is 11.5 Å². The first-order valence-corrected chi connectivity index (χ1v) is 12.7. The van der Waals surface area contributed by atoms with Crippen LogP contribution in [0, 0.1) is 0 Å². The molecule has 0 amide bonds. The van der Waals surface area contributed by atoms with E-state index in [4.69, 9.17) is 9.47 Å². The number of allylic oxidation sites excluding steroid dienone is 2. The van der Waals surface area contributed by atoms with Crippen molar-refractivity contribution in [2.24, 2.45) is 0 Å². The lowest BCUT2D eigenvalue weighted by Crippen LogP contribution is -2.42. The van der Waals surface area contributed by atoms with Gasteiger partial charge < -0.3 is 9.47 Å². The maximum Gasteiger partial charge on any atom is 0.119 e. The molecule has 0 heterocycles. The molecule has 0 N–H and O–H groups in total. The summed E-state index contributed by atoms with van der Waals surface area (Å²) in [6.45, 7) is 9.68. The summed E-state index contributed by atoms with van der Waals surface area (Å²) < 4.78 is 11.1. The van der Waals surface area contributed by atoms with E-state index in [-0.39, 0.29) is 0 Å². The first-order chi connectivity index (χ1) is 12.9. The molecule has 2 unspecified atom stereocenters. The van der Waals surface area contributed by atoms with Gasteiger partial charge in [-0.25, -0.2) is 0 Å². The smallest absolute Gasteiger partial charge is 0.119 e. The summed E-state index contributed by atoms with van der Waals surface area (Å²) >= 11 is 0. The second kappa shape index (κ2) is 6.41. The minimum atomic E-state index is -1.78. The van der Waals surface area contributed by atoms with Crippen LogP contribution in [0.3, 0.4) is 0 Å². The van der Waals surface area contributed by atoms with Crippen molar-refractivity contribution in [2.75, 3.05) is 14.2 Å². The average molecular weight is 377 g/mol. The maximum atomic E-state index is 5.53. The first-order valence-electron chi connectivity index (χ1n) is 9.59. The summed E-state index contributed by atoms with van der Waals surface area (Å²) in [5.41, 5.74) is 9.54. The van der Waals surface area contributed by atoms with Crippen molar-refractivity contribution in [3.63, 3.8) is 0 Å². The molecule has 2 aromatic rings. The predicted molar refractivity (Wildman–Crippen MR) is 116 cm³/mol. The molecule has 0 bridgehead atoms.